The van der Waals surface area contributed by atoms with Gasteiger partial charge in [0.1, 0.15) is 0 Å². The Morgan fingerprint density at radius 2 is 1.76 bits per heavy atom. The zero-order valence-corrected chi connectivity index (χ0v) is 19.3. The van der Waals surface area contributed by atoms with E-state index in [0.717, 1.165) is 33.4 Å². The van der Waals surface area contributed by atoms with Crippen molar-refractivity contribution in [1.82, 2.24) is 10.3 Å². The first-order valence-corrected chi connectivity index (χ1v) is 11.4. The van der Waals surface area contributed by atoms with Crippen molar-refractivity contribution < 1.29 is 14.3 Å². The Morgan fingerprint density at radius 1 is 0.970 bits per heavy atom. The standard InChI is InChI=1S/C25H24N4O3S/c1-31-22-12-7-8-17(25(22)32-2)15-27-23(30)16-33-24-14-21(18-9-5-6-13-26-18)28-19-10-3-4-11-20(19)29-24/h3-13H,14-16H2,1-2H3,(H,27,30). The van der Waals surface area contributed by atoms with Crippen LogP contribution in [0.15, 0.2) is 76.8 Å². The lowest BCUT2D eigenvalue weighted by molar-refractivity contribution is -0.118. The number of rotatable bonds is 7. The second kappa shape index (κ2) is 10.8. The summed E-state index contributed by atoms with van der Waals surface area (Å²) in [6.45, 7) is 0.343. The first-order valence-electron chi connectivity index (χ1n) is 10.4. The molecule has 1 aliphatic heterocycles. The fourth-order valence-electron chi connectivity index (χ4n) is 3.41. The molecule has 0 saturated carbocycles. The summed E-state index contributed by atoms with van der Waals surface area (Å²) in [5, 5.41) is 3.77. The molecule has 1 N–H and O–H groups in total. The van der Waals surface area contributed by atoms with Crippen LogP contribution in [0, 0.1) is 0 Å². The zero-order chi connectivity index (χ0) is 23.0. The highest BCUT2D eigenvalue weighted by Gasteiger charge is 2.17. The summed E-state index contributed by atoms with van der Waals surface area (Å²) in [4.78, 5) is 26.6. The molecule has 7 nitrogen and oxygen atoms in total. The molecule has 0 atom stereocenters. The van der Waals surface area contributed by atoms with E-state index in [4.69, 9.17) is 19.5 Å². The molecule has 2 heterocycles. The van der Waals surface area contributed by atoms with E-state index in [9.17, 15) is 4.79 Å². The molecular weight excluding hydrogens is 436 g/mol. The molecule has 8 heteroatoms. The number of ether oxygens (including phenoxy) is 2. The van der Waals surface area contributed by atoms with Crippen molar-refractivity contribution in [2.75, 3.05) is 20.0 Å². The summed E-state index contributed by atoms with van der Waals surface area (Å²) in [5.41, 5.74) is 4.06. The van der Waals surface area contributed by atoms with E-state index in [1.807, 2.05) is 60.7 Å². The molecule has 0 radical (unpaired) electrons. The summed E-state index contributed by atoms with van der Waals surface area (Å²) in [6.07, 6.45) is 2.26. The molecule has 0 spiro atoms. The average molecular weight is 461 g/mol. The number of pyridine rings is 1. The first kappa shape index (κ1) is 22.5. The minimum absolute atomic E-state index is 0.0959. The van der Waals surface area contributed by atoms with Crippen LogP contribution in [0.2, 0.25) is 0 Å². The van der Waals surface area contributed by atoms with Gasteiger partial charge >= 0.3 is 0 Å². The topological polar surface area (TPSA) is 85.2 Å². The van der Waals surface area contributed by atoms with Crippen LogP contribution in [0.3, 0.4) is 0 Å². The number of carbonyl (C=O) groups excluding carboxylic acids is 1. The van der Waals surface area contributed by atoms with E-state index in [2.05, 4.69) is 10.3 Å². The molecule has 1 aromatic heterocycles. The monoisotopic (exact) mass is 460 g/mol. The quantitative estimate of drug-likeness (QED) is 0.552. The normalized spacial score (nSPS) is 12.7. The van der Waals surface area contributed by atoms with Gasteiger partial charge in [-0.3, -0.25) is 9.78 Å². The second-order valence-electron chi connectivity index (χ2n) is 7.16. The molecule has 1 amide bonds. The number of thioether (sulfide) groups is 1. The Bertz CT molecular complexity index is 1200. The Morgan fingerprint density at radius 3 is 2.48 bits per heavy atom. The van der Waals surface area contributed by atoms with Gasteiger partial charge in [0.25, 0.3) is 0 Å². The van der Waals surface area contributed by atoms with E-state index in [1.54, 1.807) is 20.4 Å². The van der Waals surface area contributed by atoms with Gasteiger partial charge in [-0.15, -0.1) is 11.8 Å². The number of hydrogen-bond acceptors (Lipinski definition) is 7. The molecule has 0 bridgehead atoms. The minimum Gasteiger partial charge on any atom is -0.493 e. The van der Waals surface area contributed by atoms with E-state index in [-0.39, 0.29) is 11.7 Å². The second-order valence-corrected chi connectivity index (χ2v) is 8.21. The Balaban J connectivity index is 1.44. The summed E-state index contributed by atoms with van der Waals surface area (Å²) in [6, 6.07) is 19.1. The molecule has 33 heavy (non-hydrogen) atoms. The number of nitrogens with one attached hydrogen (secondary N) is 1. The Hall–Kier alpha value is -3.65. The van der Waals surface area contributed by atoms with Crippen molar-refractivity contribution in [3.8, 4) is 11.5 Å². The molecule has 0 saturated heterocycles. The molecule has 1 aliphatic rings. The van der Waals surface area contributed by atoms with Gasteiger partial charge < -0.3 is 14.8 Å². The molecule has 0 unspecified atom stereocenters. The Labute approximate surface area is 197 Å². The van der Waals surface area contributed by atoms with Crippen molar-refractivity contribution in [2.24, 2.45) is 9.98 Å². The fourth-order valence-corrected chi connectivity index (χ4v) is 4.21. The maximum absolute atomic E-state index is 12.6. The lowest BCUT2D eigenvalue weighted by Gasteiger charge is -2.13. The SMILES string of the molecule is COc1cccc(CNC(=O)CSC2=Nc3ccccc3N=C(c3ccccn3)C2)c1OC. The predicted octanol–water partition coefficient (Wildman–Crippen LogP) is 4.70. The number of amides is 1. The van der Waals surface area contributed by atoms with Crippen LogP contribution in [-0.2, 0) is 11.3 Å². The fraction of sp³-hybridized carbons (Fsp3) is 0.200. The van der Waals surface area contributed by atoms with Crippen LogP contribution < -0.4 is 14.8 Å². The van der Waals surface area contributed by atoms with E-state index in [1.165, 1.54) is 11.8 Å². The summed E-state index contributed by atoms with van der Waals surface area (Å²) < 4.78 is 10.8. The highest BCUT2D eigenvalue weighted by molar-refractivity contribution is 8.14. The van der Waals surface area contributed by atoms with Crippen LogP contribution in [0.1, 0.15) is 17.7 Å². The largest absolute Gasteiger partial charge is 0.493 e. The molecule has 168 valence electrons. The van der Waals surface area contributed by atoms with E-state index in [0.29, 0.717) is 24.5 Å². The molecule has 4 rings (SSSR count). The van der Waals surface area contributed by atoms with Gasteiger partial charge in [0.15, 0.2) is 11.5 Å². The van der Waals surface area contributed by atoms with Crippen molar-refractivity contribution in [3.05, 3.63) is 78.1 Å². The third-order valence-corrected chi connectivity index (χ3v) is 5.97. The number of aromatic nitrogens is 1. The number of benzene rings is 2. The number of methoxy groups -OCH3 is 2. The number of fused-ring (bicyclic) bond motifs is 1. The van der Waals surface area contributed by atoms with Crippen LogP contribution >= 0.6 is 11.8 Å². The van der Waals surface area contributed by atoms with Crippen molar-refractivity contribution in [3.63, 3.8) is 0 Å². The molecule has 0 aliphatic carbocycles. The average Bonchev–Trinajstić information content (AvgIpc) is 3.05. The van der Waals surface area contributed by atoms with Gasteiger partial charge in [0.05, 0.1) is 47.8 Å². The molecule has 3 aromatic rings. The zero-order valence-electron chi connectivity index (χ0n) is 18.4. The third-order valence-electron chi connectivity index (χ3n) is 4.99. The molecule has 2 aromatic carbocycles. The van der Waals surface area contributed by atoms with Crippen molar-refractivity contribution in [1.29, 1.82) is 0 Å². The Kier molecular flexibility index (Phi) is 7.36. The maximum Gasteiger partial charge on any atom is 0.230 e. The lowest BCUT2D eigenvalue weighted by atomic mass is 10.2. The summed E-state index contributed by atoms with van der Waals surface area (Å²) in [5.74, 6) is 1.39. The van der Waals surface area contributed by atoms with Gasteiger partial charge in [-0.2, -0.15) is 0 Å². The number of aliphatic imine (C=N–C) groups is 2. The van der Waals surface area contributed by atoms with E-state index >= 15 is 0 Å². The molecular formula is C25H24N4O3S. The van der Waals surface area contributed by atoms with E-state index < -0.39 is 0 Å². The smallest absolute Gasteiger partial charge is 0.230 e. The molecule has 0 fully saturated rings. The van der Waals surface area contributed by atoms with Crippen LogP contribution in [-0.4, -0.2) is 41.6 Å². The summed E-state index contributed by atoms with van der Waals surface area (Å²) >= 11 is 1.41. The lowest BCUT2D eigenvalue weighted by Crippen LogP contribution is -2.25. The van der Waals surface area contributed by atoms with Gasteiger partial charge in [0.2, 0.25) is 5.91 Å². The number of carbonyl (C=O) groups is 1. The van der Waals surface area contributed by atoms with Crippen LogP contribution in [0.5, 0.6) is 11.5 Å². The number of hydrogen-bond donors (Lipinski definition) is 1. The van der Waals surface area contributed by atoms with Gasteiger partial charge in [-0.1, -0.05) is 30.3 Å². The first-order chi connectivity index (χ1) is 16.2. The summed E-state index contributed by atoms with van der Waals surface area (Å²) in [7, 11) is 3.17. The highest BCUT2D eigenvalue weighted by Crippen LogP contribution is 2.33. The third kappa shape index (κ3) is 5.59. The van der Waals surface area contributed by atoms with Crippen LogP contribution in [0.25, 0.3) is 0 Å². The maximum atomic E-state index is 12.6. The van der Waals surface area contributed by atoms with Crippen molar-refractivity contribution in [2.45, 2.75) is 13.0 Å². The van der Waals surface area contributed by atoms with Gasteiger partial charge in [-0.05, 0) is 30.3 Å². The minimum atomic E-state index is -0.0959. The van der Waals surface area contributed by atoms with Gasteiger partial charge in [-0.25, -0.2) is 9.98 Å². The predicted molar refractivity (Wildman–Crippen MR) is 132 cm³/mol. The highest BCUT2D eigenvalue weighted by atomic mass is 32.2. The van der Waals surface area contributed by atoms with Crippen LogP contribution in [0.4, 0.5) is 11.4 Å². The number of para-hydroxylation sites is 3. The van der Waals surface area contributed by atoms with Crippen molar-refractivity contribution >= 4 is 39.8 Å². The van der Waals surface area contributed by atoms with Gasteiger partial charge in [0, 0.05) is 24.7 Å². The number of nitrogens with zero attached hydrogens (tertiary/aromatic N) is 3.